The van der Waals surface area contributed by atoms with Gasteiger partial charge in [0.25, 0.3) is 0 Å². The Balaban J connectivity index is 2.14. The summed E-state index contributed by atoms with van der Waals surface area (Å²) in [6.07, 6.45) is 5.92. The molecule has 1 aromatic carbocycles. The Kier molecular flexibility index (Phi) is 5.69. The summed E-state index contributed by atoms with van der Waals surface area (Å²) in [5.74, 6) is -1.72. The molecule has 5 nitrogen and oxygen atoms in total. The molecule has 29 heavy (non-hydrogen) atoms. The number of carbonyl (C=O) groups excluding carboxylic acids is 2. The van der Waals surface area contributed by atoms with Crippen LogP contribution in [0.5, 0.6) is 0 Å². The van der Waals surface area contributed by atoms with Crippen LogP contribution in [0.3, 0.4) is 0 Å². The standard InChI is InChI=1S/C24H21NO4/c1-14-15(2)24(29)21(16(3)23(14)28)22(19-5-4-12-25-13-19)18-9-6-17(7-10-18)8-11-20(26)27/h4-13,22H,1-3H3,(H,26,27)/b11-8+. The van der Waals surface area contributed by atoms with Crippen molar-refractivity contribution >= 4 is 23.6 Å². The van der Waals surface area contributed by atoms with Crippen molar-refractivity contribution in [3.05, 3.63) is 93.9 Å². The first-order valence-electron chi connectivity index (χ1n) is 9.19. The van der Waals surface area contributed by atoms with Crippen LogP contribution in [0, 0.1) is 0 Å². The normalized spacial score (nSPS) is 16.0. The summed E-state index contributed by atoms with van der Waals surface area (Å²) in [4.78, 5) is 40.8. The molecule has 0 saturated heterocycles. The Labute approximate surface area is 169 Å². The first-order chi connectivity index (χ1) is 13.8. The largest absolute Gasteiger partial charge is 0.478 e. The Morgan fingerprint density at radius 1 is 0.931 bits per heavy atom. The molecule has 3 rings (SSSR count). The predicted octanol–water partition coefficient (Wildman–Crippen LogP) is 4.12. The van der Waals surface area contributed by atoms with Crippen LogP contribution in [0.25, 0.3) is 6.08 Å². The number of carboxylic acids is 1. The fourth-order valence-electron chi connectivity index (χ4n) is 3.50. The molecule has 1 aromatic heterocycles. The van der Waals surface area contributed by atoms with Gasteiger partial charge in [0, 0.05) is 46.7 Å². The number of allylic oxidation sites excluding steroid dienone is 4. The molecule has 0 spiro atoms. The number of carboxylic acid groups (broad SMARTS) is 1. The summed E-state index contributed by atoms with van der Waals surface area (Å²) in [6.45, 7) is 5.06. The van der Waals surface area contributed by atoms with Gasteiger partial charge in [-0.05, 0) is 49.6 Å². The van der Waals surface area contributed by atoms with Gasteiger partial charge in [0.05, 0.1) is 0 Å². The lowest BCUT2D eigenvalue weighted by Crippen LogP contribution is -2.25. The second-order valence-electron chi connectivity index (χ2n) is 7.00. The van der Waals surface area contributed by atoms with Crippen molar-refractivity contribution in [1.29, 1.82) is 0 Å². The average molecular weight is 387 g/mol. The molecule has 0 saturated carbocycles. The molecule has 2 aromatic rings. The minimum atomic E-state index is -1.02. The van der Waals surface area contributed by atoms with Crippen molar-refractivity contribution in [2.24, 2.45) is 0 Å². The number of benzene rings is 1. The van der Waals surface area contributed by atoms with E-state index in [4.69, 9.17) is 5.11 Å². The minimum absolute atomic E-state index is 0.119. The molecule has 1 aliphatic rings. The van der Waals surface area contributed by atoms with Gasteiger partial charge in [0.1, 0.15) is 0 Å². The minimum Gasteiger partial charge on any atom is -0.478 e. The highest BCUT2D eigenvalue weighted by Crippen LogP contribution is 2.38. The first-order valence-corrected chi connectivity index (χ1v) is 9.19. The summed E-state index contributed by atoms with van der Waals surface area (Å²) >= 11 is 0. The van der Waals surface area contributed by atoms with Crippen LogP contribution >= 0.6 is 0 Å². The quantitative estimate of drug-likeness (QED) is 0.616. The van der Waals surface area contributed by atoms with Crippen LogP contribution in [-0.4, -0.2) is 27.6 Å². The van der Waals surface area contributed by atoms with Crippen molar-refractivity contribution in [3.8, 4) is 0 Å². The maximum Gasteiger partial charge on any atom is 0.328 e. The smallest absolute Gasteiger partial charge is 0.328 e. The number of Topliss-reactive ketones (excluding diaryl/α,β-unsaturated/α-hetero) is 2. The zero-order valence-corrected chi connectivity index (χ0v) is 16.5. The van der Waals surface area contributed by atoms with E-state index in [2.05, 4.69) is 4.98 Å². The van der Waals surface area contributed by atoms with Crippen molar-refractivity contribution in [1.82, 2.24) is 4.98 Å². The summed E-state index contributed by atoms with van der Waals surface area (Å²) in [6, 6.07) is 10.9. The van der Waals surface area contributed by atoms with E-state index in [0.717, 1.165) is 22.8 Å². The second-order valence-corrected chi connectivity index (χ2v) is 7.00. The summed E-state index contributed by atoms with van der Waals surface area (Å²) in [7, 11) is 0. The number of aromatic nitrogens is 1. The average Bonchev–Trinajstić information content (AvgIpc) is 2.73. The number of pyridine rings is 1. The Bertz CT molecular complexity index is 1070. The number of hydrogen-bond acceptors (Lipinski definition) is 4. The molecule has 0 amide bonds. The number of aliphatic carboxylic acids is 1. The summed E-state index contributed by atoms with van der Waals surface area (Å²) in [5.41, 5.74) is 4.21. The molecular weight excluding hydrogens is 366 g/mol. The van der Waals surface area contributed by atoms with E-state index in [1.54, 1.807) is 51.4 Å². The van der Waals surface area contributed by atoms with Crippen LogP contribution < -0.4 is 0 Å². The Morgan fingerprint density at radius 3 is 2.17 bits per heavy atom. The second kappa shape index (κ2) is 8.19. The molecule has 1 unspecified atom stereocenters. The van der Waals surface area contributed by atoms with Crippen LogP contribution in [-0.2, 0) is 14.4 Å². The Hall–Kier alpha value is -3.60. The van der Waals surface area contributed by atoms with Gasteiger partial charge in [-0.1, -0.05) is 30.3 Å². The third kappa shape index (κ3) is 3.99. The highest BCUT2D eigenvalue weighted by atomic mass is 16.4. The first kappa shape index (κ1) is 20.1. The maximum atomic E-state index is 13.2. The van der Waals surface area contributed by atoms with Crippen LogP contribution in [0.15, 0.2) is 77.2 Å². The van der Waals surface area contributed by atoms with Crippen LogP contribution in [0.4, 0.5) is 0 Å². The highest BCUT2D eigenvalue weighted by molar-refractivity contribution is 6.25. The van der Waals surface area contributed by atoms with Gasteiger partial charge in [-0.25, -0.2) is 4.79 Å². The molecular formula is C24H21NO4. The van der Waals surface area contributed by atoms with E-state index in [1.165, 1.54) is 6.08 Å². The van der Waals surface area contributed by atoms with E-state index < -0.39 is 11.9 Å². The van der Waals surface area contributed by atoms with Crippen molar-refractivity contribution in [2.45, 2.75) is 26.7 Å². The summed E-state index contributed by atoms with van der Waals surface area (Å²) < 4.78 is 0. The molecule has 0 aliphatic heterocycles. The molecule has 146 valence electrons. The molecule has 0 bridgehead atoms. The number of rotatable bonds is 5. The number of nitrogens with zero attached hydrogens (tertiary/aromatic N) is 1. The monoisotopic (exact) mass is 387 g/mol. The molecule has 1 aliphatic carbocycles. The van der Waals surface area contributed by atoms with Gasteiger partial charge in [-0.3, -0.25) is 14.6 Å². The van der Waals surface area contributed by atoms with E-state index in [9.17, 15) is 14.4 Å². The third-order valence-corrected chi connectivity index (χ3v) is 5.23. The number of carbonyl (C=O) groups is 3. The Morgan fingerprint density at radius 2 is 1.59 bits per heavy atom. The fraction of sp³-hybridized carbons (Fsp3) is 0.167. The zero-order chi connectivity index (χ0) is 21.1. The maximum absolute atomic E-state index is 13.2. The van der Waals surface area contributed by atoms with Crippen LogP contribution in [0.2, 0.25) is 0 Å². The fourth-order valence-corrected chi connectivity index (χ4v) is 3.50. The molecule has 5 heteroatoms. The van der Waals surface area contributed by atoms with Gasteiger partial charge in [0.2, 0.25) is 0 Å². The van der Waals surface area contributed by atoms with Crippen molar-refractivity contribution < 1.29 is 19.5 Å². The van der Waals surface area contributed by atoms with Crippen molar-refractivity contribution in [2.75, 3.05) is 0 Å². The summed E-state index contributed by atoms with van der Waals surface area (Å²) in [5, 5.41) is 8.79. The van der Waals surface area contributed by atoms with Gasteiger partial charge in [-0.2, -0.15) is 0 Å². The van der Waals surface area contributed by atoms with E-state index in [1.807, 2.05) is 18.2 Å². The lowest BCUT2D eigenvalue weighted by Gasteiger charge is -2.26. The number of ketones is 2. The highest BCUT2D eigenvalue weighted by Gasteiger charge is 2.34. The lowest BCUT2D eigenvalue weighted by molar-refractivity contribution is -0.131. The van der Waals surface area contributed by atoms with Gasteiger partial charge in [0.15, 0.2) is 11.6 Å². The lowest BCUT2D eigenvalue weighted by atomic mass is 9.75. The third-order valence-electron chi connectivity index (χ3n) is 5.23. The van der Waals surface area contributed by atoms with E-state index in [0.29, 0.717) is 22.3 Å². The van der Waals surface area contributed by atoms with Gasteiger partial charge < -0.3 is 5.11 Å². The molecule has 0 fully saturated rings. The van der Waals surface area contributed by atoms with Crippen molar-refractivity contribution in [3.63, 3.8) is 0 Å². The number of hydrogen-bond donors (Lipinski definition) is 1. The van der Waals surface area contributed by atoms with E-state index >= 15 is 0 Å². The van der Waals surface area contributed by atoms with Crippen LogP contribution in [0.1, 0.15) is 43.4 Å². The molecule has 1 atom stereocenters. The van der Waals surface area contributed by atoms with Gasteiger partial charge in [-0.15, -0.1) is 0 Å². The van der Waals surface area contributed by atoms with E-state index in [-0.39, 0.29) is 11.6 Å². The topological polar surface area (TPSA) is 84.3 Å². The predicted molar refractivity (Wildman–Crippen MR) is 110 cm³/mol. The SMILES string of the molecule is CC1=C(C)C(=O)C(C(c2ccc(/C=C/C(=O)O)cc2)c2cccnc2)=C(C)C1=O. The molecule has 1 N–H and O–H groups in total. The molecule has 1 heterocycles. The zero-order valence-electron chi connectivity index (χ0n) is 16.5. The van der Waals surface area contributed by atoms with Gasteiger partial charge >= 0.3 is 5.97 Å². The molecule has 0 radical (unpaired) electrons.